The Morgan fingerprint density at radius 3 is 2.42 bits per heavy atom. The van der Waals surface area contributed by atoms with E-state index in [9.17, 15) is 14.4 Å². The number of nitrogens with zero attached hydrogens (tertiary/aromatic N) is 2. The van der Waals surface area contributed by atoms with Crippen LogP contribution < -0.4 is 10.6 Å². The van der Waals surface area contributed by atoms with Gasteiger partial charge in [0, 0.05) is 38.2 Å². The molecule has 186 valence electrons. The van der Waals surface area contributed by atoms with Crippen molar-refractivity contribution in [2.75, 3.05) is 52.6 Å². The fraction of sp³-hybridized carbons (Fsp3) is 0.875. The van der Waals surface area contributed by atoms with Crippen LogP contribution in [0.1, 0.15) is 52.9 Å². The molecule has 3 saturated heterocycles. The average molecular weight is 465 g/mol. The van der Waals surface area contributed by atoms with E-state index in [4.69, 9.17) is 9.47 Å². The maximum Gasteiger partial charge on any atom is 0.325 e. The molecule has 1 spiro atoms. The molecule has 4 aliphatic rings. The molecule has 9 nitrogen and oxygen atoms in total. The molecule has 4 amide bonds. The fourth-order valence-corrected chi connectivity index (χ4v) is 5.91. The first-order valence-corrected chi connectivity index (χ1v) is 12.5. The van der Waals surface area contributed by atoms with Crippen molar-refractivity contribution in [3.05, 3.63) is 0 Å². The van der Waals surface area contributed by atoms with Gasteiger partial charge in [0.15, 0.2) is 0 Å². The smallest absolute Gasteiger partial charge is 0.325 e. The lowest BCUT2D eigenvalue weighted by atomic mass is 9.67. The van der Waals surface area contributed by atoms with E-state index in [1.807, 2.05) is 0 Å². The number of ether oxygens (including phenoxy) is 2. The van der Waals surface area contributed by atoms with Gasteiger partial charge in [-0.2, -0.15) is 0 Å². The Balaban J connectivity index is 1.32. The number of amides is 4. The highest BCUT2D eigenvalue weighted by Gasteiger charge is 2.53. The van der Waals surface area contributed by atoms with Crippen LogP contribution in [-0.4, -0.2) is 91.8 Å². The Labute approximate surface area is 196 Å². The Bertz CT molecular complexity index is 732. The first kappa shape index (κ1) is 24.4. The van der Waals surface area contributed by atoms with Crippen LogP contribution in [-0.2, 0) is 19.1 Å². The van der Waals surface area contributed by atoms with Gasteiger partial charge in [0.1, 0.15) is 12.1 Å². The van der Waals surface area contributed by atoms with Gasteiger partial charge in [-0.25, -0.2) is 4.79 Å². The molecule has 3 aliphatic heterocycles. The second kappa shape index (κ2) is 9.88. The minimum Gasteiger partial charge on any atom is -0.381 e. The lowest BCUT2D eigenvalue weighted by Gasteiger charge is -2.40. The predicted octanol–water partition coefficient (Wildman–Crippen LogP) is 1.37. The molecule has 0 aromatic rings. The molecule has 4 rings (SSSR count). The number of morpholine rings is 1. The molecule has 2 unspecified atom stereocenters. The second-order valence-corrected chi connectivity index (χ2v) is 11.2. The third-order valence-electron chi connectivity index (χ3n) is 8.14. The highest BCUT2D eigenvalue weighted by atomic mass is 16.5. The van der Waals surface area contributed by atoms with Crippen LogP contribution in [0.3, 0.4) is 0 Å². The summed E-state index contributed by atoms with van der Waals surface area (Å²) in [7, 11) is 0. The minimum atomic E-state index is -0.837. The molecule has 33 heavy (non-hydrogen) atoms. The van der Waals surface area contributed by atoms with Crippen molar-refractivity contribution in [2.45, 2.75) is 64.5 Å². The van der Waals surface area contributed by atoms with E-state index in [1.54, 1.807) is 0 Å². The number of nitrogens with one attached hydrogen (secondary N) is 2. The van der Waals surface area contributed by atoms with Crippen LogP contribution in [0, 0.1) is 17.3 Å². The van der Waals surface area contributed by atoms with E-state index >= 15 is 0 Å². The van der Waals surface area contributed by atoms with Gasteiger partial charge in [-0.3, -0.25) is 19.4 Å². The van der Waals surface area contributed by atoms with Crippen LogP contribution in [0.25, 0.3) is 0 Å². The van der Waals surface area contributed by atoms with E-state index in [0.717, 1.165) is 43.9 Å². The lowest BCUT2D eigenvalue weighted by Crippen LogP contribution is -2.53. The van der Waals surface area contributed by atoms with Gasteiger partial charge in [0.05, 0.1) is 19.8 Å². The molecule has 0 bridgehead atoms. The number of carbonyl (C=O) groups is 3. The summed E-state index contributed by atoms with van der Waals surface area (Å²) in [6, 6.07) is -0.277. The van der Waals surface area contributed by atoms with Crippen LogP contribution in [0.15, 0.2) is 0 Å². The highest BCUT2D eigenvalue weighted by Crippen LogP contribution is 2.43. The number of rotatable bonds is 6. The van der Waals surface area contributed by atoms with E-state index in [0.29, 0.717) is 51.0 Å². The maximum absolute atomic E-state index is 13.2. The van der Waals surface area contributed by atoms with Crippen LogP contribution in [0.4, 0.5) is 4.79 Å². The highest BCUT2D eigenvalue weighted by molar-refractivity contribution is 6.09. The van der Waals surface area contributed by atoms with Gasteiger partial charge in [0.2, 0.25) is 5.91 Å². The minimum absolute atomic E-state index is 0.169. The molecular formula is C24H40N4O5. The van der Waals surface area contributed by atoms with Crippen molar-refractivity contribution in [1.29, 1.82) is 0 Å². The van der Waals surface area contributed by atoms with Crippen molar-refractivity contribution < 1.29 is 23.9 Å². The molecule has 1 saturated carbocycles. The van der Waals surface area contributed by atoms with Crippen molar-refractivity contribution in [3.63, 3.8) is 0 Å². The standard InChI is InChI=1S/C24H40N4O5/c1-23(2,3)18-4-7-24(8-5-18)21(30)28(22(31)26-24)15-20(29)25-14-19(17-6-11-33-16-17)27-9-12-32-13-10-27/h17-19H,4-16H2,1-3H3,(H,25,29)(H,26,31). The predicted molar refractivity (Wildman–Crippen MR) is 123 cm³/mol. The number of hydrogen-bond donors (Lipinski definition) is 2. The number of carbonyl (C=O) groups excluding carboxylic acids is 3. The molecule has 3 heterocycles. The first-order chi connectivity index (χ1) is 15.7. The van der Waals surface area contributed by atoms with Gasteiger partial charge in [-0.1, -0.05) is 20.8 Å². The Morgan fingerprint density at radius 1 is 1.12 bits per heavy atom. The largest absolute Gasteiger partial charge is 0.381 e. The number of urea groups is 1. The van der Waals surface area contributed by atoms with E-state index in [-0.39, 0.29) is 29.8 Å². The third kappa shape index (κ3) is 5.35. The zero-order chi connectivity index (χ0) is 23.6. The number of imide groups is 1. The molecule has 2 N–H and O–H groups in total. The molecule has 1 aliphatic carbocycles. The van der Waals surface area contributed by atoms with Crippen molar-refractivity contribution >= 4 is 17.8 Å². The summed E-state index contributed by atoms with van der Waals surface area (Å²) in [5.41, 5.74) is -0.648. The molecule has 2 atom stereocenters. The molecule has 9 heteroatoms. The summed E-state index contributed by atoms with van der Waals surface area (Å²) in [4.78, 5) is 42.1. The number of hydrogen-bond acceptors (Lipinski definition) is 6. The molecule has 0 aromatic heterocycles. The maximum atomic E-state index is 13.2. The monoisotopic (exact) mass is 464 g/mol. The topological polar surface area (TPSA) is 100 Å². The van der Waals surface area contributed by atoms with Gasteiger partial charge in [-0.15, -0.1) is 0 Å². The van der Waals surface area contributed by atoms with Gasteiger partial charge < -0.3 is 20.1 Å². The molecule has 0 radical (unpaired) electrons. The van der Waals surface area contributed by atoms with Crippen LogP contribution in [0.2, 0.25) is 0 Å². The van der Waals surface area contributed by atoms with Gasteiger partial charge in [-0.05, 0) is 43.4 Å². The third-order valence-corrected chi connectivity index (χ3v) is 8.14. The summed E-state index contributed by atoms with van der Waals surface area (Å²) < 4.78 is 11.1. The normalized spacial score (nSPS) is 32.3. The molecule has 4 fully saturated rings. The first-order valence-electron chi connectivity index (χ1n) is 12.5. The Hall–Kier alpha value is -1.71. The zero-order valence-corrected chi connectivity index (χ0v) is 20.4. The Kier molecular flexibility index (Phi) is 7.31. The zero-order valence-electron chi connectivity index (χ0n) is 20.4. The van der Waals surface area contributed by atoms with Gasteiger partial charge >= 0.3 is 6.03 Å². The average Bonchev–Trinajstić information content (AvgIpc) is 3.38. The van der Waals surface area contributed by atoms with Gasteiger partial charge in [0.25, 0.3) is 5.91 Å². The van der Waals surface area contributed by atoms with E-state index in [2.05, 4.69) is 36.3 Å². The SMILES string of the molecule is CC(C)(C)C1CCC2(CC1)NC(=O)N(CC(=O)NCC(C1CCOC1)N1CCOCC1)C2=O. The van der Waals surface area contributed by atoms with E-state index < -0.39 is 11.6 Å². The Morgan fingerprint density at radius 2 is 1.82 bits per heavy atom. The fourth-order valence-electron chi connectivity index (χ4n) is 5.91. The van der Waals surface area contributed by atoms with E-state index in [1.165, 1.54) is 0 Å². The summed E-state index contributed by atoms with van der Waals surface area (Å²) >= 11 is 0. The summed E-state index contributed by atoms with van der Waals surface area (Å²) in [5.74, 6) is 0.350. The summed E-state index contributed by atoms with van der Waals surface area (Å²) in [6.07, 6.45) is 4.06. The van der Waals surface area contributed by atoms with Crippen molar-refractivity contribution in [3.8, 4) is 0 Å². The van der Waals surface area contributed by atoms with Crippen LogP contribution in [0.5, 0.6) is 0 Å². The molecule has 0 aromatic carbocycles. The summed E-state index contributed by atoms with van der Waals surface area (Å²) in [5, 5.41) is 5.92. The summed E-state index contributed by atoms with van der Waals surface area (Å²) in [6.45, 7) is 11.4. The quantitative estimate of drug-likeness (QED) is 0.576. The second-order valence-electron chi connectivity index (χ2n) is 11.2. The van der Waals surface area contributed by atoms with Crippen molar-refractivity contribution in [2.24, 2.45) is 17.3 Å². The molecular weight excluding hydrogens is 424 g/mol. The van der Waals surface area contributed by atoms with Crippen molar-refractivity contribution in [1.82, 2.24) is 20.4 Å². The lowest BCUT2D eigenvalue weighted by molar-refractivity contribution is -0.136. The van der Waals surface area contributed by atoms with Crippen LogP contribution >= 0.6 is 0 Å².